The van der Waals surface area contributed by atoms with E-state index in [1.165, 1.54) is 63.8 Å². The first-order valence-corrected chi connectivity index (χ1v) is 28.0. The number of aryl methyl sites for hydroxylation is 1. The number of rotatable bonds is 21. The second-order valence-electron chi connectivity index (χ2n) is 19.2. The van der Waals surface area contributed by atoms with Crippen molar-refractivity contribution in [2.24, 2.45) is 0 Å². The Bertz CT molecular complexity index is 2580. The highest BCUT2D eigenvalue weighted by Crippen LogP contribution is 2.21. The van der Waals surface area contributed by atoms with Crippen LogP contribution in [0, 0.1) is 0 Å². The summed E-state index contributed by atoms with van der Waals surface area (Å²) in [4.78, 5) is 64.3. The van der Waals surface area contributed by atoms with Crippen LogP contribution in [-0.2, 0) is 82.9 Å². The van der Waals surface area contributed by atoms with Crippen LogP contribution in [-0.4, -0.2) is 60.2 Å². The lowest BCUT2D eigenvalue weighted by atomic mass is 10.0. The first-order chi connectivity index (χ1) is 38.7. The average molecular weight is 1110 g/mol. The summed E-state index contributed by atoms with van der Waals surface area (Å²) < 4.78 is 30.6. The summed E-state index contributed by atoms with van der Waals surface area (Å²) in [5.74, 6) is -1.28. The third kappa shape index (κ3) is 38.4. The Morgan fingerprint density at radius 3 is 1.04 bits per heavy atom. The molecule has 6 aromatic rings. The molecule has 0 N–H and O–H groups in total. The predicted octanol–water partition coefficient (Wildman–Crippen LogP) is 15.3. The van der Waals surface area contributed by atoms with Gasteiger partial charge in [0.25, 0.3) is 0 Å². The highest BCUT2D eigenvalue weighted by molar-refractivity contribution is 5.68. The summed E-state index contributed by atoms with van der Waals surface area (Å²) in [6.45, 7) is 20.4. The standard InChI is InChI=1S/C13H18O2.2C12H16O2.2C11H14O2.C10H12O2/c1-3-7-13(15-11(2)14)10-12-8-5-4-6-9-12;1-10(14-11(2)13)8-9-12-6-4-3-5-7-12;1-3-12(14-10(2)13)9-11-7-5-4-6-8-11;1-9(13-10(2)12)8-11-6-4-3-5-7-11;1-3-11(13-9(2)12)10-7-5-4-6-8-10;1-8(12-9(2)11)10-6-4-3-5-7-10/h4-6,8-9,13H,3,7,10H2,1-2H3;3-7,10H,8-9H2,1-2H3;4-8,12H,3,9H2,1-2H3;3-7,9H,8H2,1-2H3;4-8,11H,3H2,1-2H3;3-8H,1-2H3. The maximum Gasteiger partial charge on any atom is 0.303 e. The molecule has 0 aliphatic heterocycles. The van der Waals surface area contributed by atoms with E-state index in [0.29, 0.717) is 0 Å². The van der Waals surface area contributed by atoms with Gasteiger partial charge in [0.2, 0.25) is 0 Å². The Morgan fingerprint density at radius 2 is 0.667 bits per heavy atom. The van der Waals surface area contributed by atoms with Crippen LogP contribution in [0.5, 0.6) is 0 Å². The summed E-state index contributed by atoms with van der Waals surface area (Å²) >= 11 is 0. The van der Waals surface area contributed by atoms with E-state index in [0.717, 1.165) is 68.9 Å². The zero-order valence-corrected chi connectivity index (χ0v) is 50.0. The second-order valence-corrected chi connectivity index (χ2v) is 19.2. The molecule has 6 atom stereocenters. The van der Waals surface area contributed by atoms with Crippen molar-refractivity contribution in [3.05, 3.63) is 215 Å². The van der Waals surface area contributed by atoms with E-state index >= 15 is 0 Å². The summed E-state index contributed by atoms with van der Waals surface area (Å²) in [6.07, 6.45) is 7.60. The van der Waals surface area contributed by atoms with E-state index < -0.39 is 0 Å². The number of hydrogen-bond donors (Lipinski definition) is 0. The molecule has 438 valence electrons. The van der Waals surface area contributed by atoms with Gasteiger partial charge in [-0.05, 0) is 86.3 Å². The molecule has 6 aromatic carbocycles. The third-order valence-electron chi connectivity index (χ3n) is 11.6. The highest BCUT2D eigenvalue weighted by Gasteiger charge is 2.14. The first-order valence-electron chi connectivity index (χ1n) is 28.0. The Hall–Kier alpha value is -7.86. The third-order valence-corrected chi connectivity index (χ3v) is 11.6. The van der Waals surface area contributed by atoms with Gasteiger partial charge < -0.3 is 28.4 Å². The Morgan fingerprint density at radius 1 is 0.333 bits per heavy atom. The molecule has 12 heteroatoms. The Balaban J connectivity index is 0.000000487. The van der Waals surface area contributed by atoms with Crippen molar-refractivity contribution in [2.75, 3.05) is 0 Å². The van der Waals surface area contributed by atoms with Crippen LogP contribution in [0.15, 0.2) is 182 Å². The van der Waals surface area contributed by atoms with Crippen LogP contribution >= 0.6 is 0 Å². The molecule has 0 saturated heterocycles. The van der Waals surface area contributed by atoms with Gasteiger partial charge in [-0.1, -0.05) is 209 Å². The van der Waals surface area contributed by atoms with Crippen molar-refractivity contribution in [2.45, 2.75) is 177 Å². The molecule has 0 saturated carbocycles. The summed E-state index contributed by atoms with van der Waals surface area (Å²) in [7, 11) is 0. The Labute approximate surface area is 483 Å². The molecule has 81 heavy (non-hydrogen) atoms. The lowest BCUT2D eigenvalue weighted by molar-refractivity contribution is -0.147. The van der Waals surface area contributed by atoms with E-state index in [2.05, 4.69) is 31.2 Å². The molecule has 0 aromatic heterocycles. The zero-order valence-electron chi connectivity index (χ0n) is 50.0. The van der Waals surface area contributed by atoms with Crippen molar-refractivity contribution in [3.8, 4) is 0 Å². The molecule has 0 fully saturated rings. The fourth-order valence-electron chi connectivity index (χ4n) is 7.94. The summed E-state index contributed by atoms with van der Waals surface area (Å²) in [6, 6.07) is 59.8. The SMILES string of the molecule is CC(=O)OC(C)CCc1ccccc1.CC(=O)OC(C)Cc1ccccc1.CC(=O)OC(C)c1ccccc1.CCC(Cc1ccccc1)OC(C)=O.CCC(OC(C)=O)c1ccccc1.CCCC(Cc1ccccc1)OC(C)=O. The monoisotopic (exact) mass is 1110 g/mol. The van der Waals surface area contributed by atoms with Crippen LogP contribution in [0.25, 0.3) is 0 Å². The van der Waals surface area contributed by atoms with Crippen LogP contribution in [0.1, 0.15) is 161 Å². The molecule has 12 nitrogen and oxygen atoms in total. The lowest BCUT2D eigenvalue weighted by Crippen LogP contribution is -2.18. The van der Waals surface area contributed by atoms with Gasteiger partial charge in [-0.2, -0.15) is 0 Å². The van der Waals surface area contributed by atoms with Crippen LogP contribution in [0.4, 0.5) is 0 Å². The first kappa shape index (κ1) is 71.2. The van der Waals surface area contributed by atoms with Crippen molar-refractivity contribution in [3.63, 3.8) is 0 Å². The number of carbonyl (C=O) groups is 6. The van der Waals surface area contributed by atoms with Crippen LogP contribution < -0.4 is 0 Å². The molecule has 0 spiro atoms. The molecular formula is C69H90O12. The fraction of sp³-hybridized carbons (Fsp3) is 0.391. The molecule has 6 unspecified atom stereocenters. The molecule has 0 radical (unpaired) electrons. The van der Waals surface area contributed by atoms with Gasteiger partial charge in [0.05, 0.1) is 6.10 Å². The number of hydrogen-bond acceptors (Lipinski definition) is 12. The molecule has 0 aliphatic rings. The van der Waals surface area contributed by atoms with Gasteiger partial charge in [0.1, 0.15) is 30.5 Å². The van der Waals surface area contributed by atoms with E-state index in [-0.39, 0.29) is 72.4 Å². The van der Waals surface area contributed by atoms with Gasteiger partial charge in [0, 0.05) is 60.8 Å². The minimum Gasteiger partial charge on any atom is -0.463 e. The molecule has 6 rings (SSSR count). The number of ether oxygens (including phenoxy) is 6. The molecule has 0 heterocycles. The molecule has 0 amide bonds. The Kier molecular flexibility index (Phi) is 38.6. The topological polar surface area (TPSA) is 158 Å². The number of esters is 6. The van der Waals surface area contributed by atoms with E-state index in [1.54, 1.807) is 0 Å². The normalized spacial score (nSPS) is 12.1. The van der Waals surface area contributed by atoms with Crippen LogP contribution in [0.3, 0.4) is 0 Å². The molecular weight excluding hydrogens is 1020 g/mol. The number of carbonyl (C=O) groups excluding carboxylic acids is 6. The van der Waals surface area contributed by atoms with E-state index in [1.807, 2.05) is 192 Å². The van der Waals surface area contributed by atoms with Crippen molar-refractivity contribution >= 4 is 35.8 Å². The van der Waals surface area contributed by atoms with Gasteiger partial charge in [0.15, 0.2) is 0 Å². The maximum absolute atomic E-state index is 10.9. The number of benzene rings is 6. The van der Waals surface area contributed by atoms with Crippen molar-refractivity contribution in [1.29, 1.82) is 0 Å². The second kappa shape index (κ2) is 44.0. The molecule has 0 aliphatic carbocycles. The smallest absolute Gasteiger partial charge is 0.303 e. The van der Waals surface area contributed by atoms with Gasteiger partial charge in [-0.3, -0.25) is 28.8 Å². The van der Waals surface area contributed by atoms with Crippen molar-refractivity contribution < 1.29 is 57.2 Å². The molecule has 0 bridgehead atoms. The summed E-state index contributed by atoms with van der Waals surface area (Å²) in [5.41, 5.74) is 6.98. The minimum absolute atomic E-state index is 0.00714. The summed E-state index contributed by atoms with van der Waals surface area (Å²) in [5, 5.41) is 0. The van der Waals surface area contributed by atoms with Gasteiger partial charge >= 0.3 is 35.8 Å². The van der Waals surface area contributed by atoms with Gasteiger partial charge in [-0.25, -0.2) is 0 Å². The average Bonchev–Trinajstić information content (AvgIpc) is 3.43. The van der Waals surface area contributed by atoms with E-state index in [9.17, 15) is 28.8 Å². The minimum atomic E-state index is -0.244. The highest BCUT2D eigenvalue weighted by atomic mass is 16.6. The maximum atomic E-state index is 10.9. The van der Waals surface area contributed by atoms with Crippen LogP contribution in [0.2, 0.25) is 0 Å². The quantitative estimate of drug-likeness (QED) is 0.0497. The zero-order chi connectivity index (χ0) is 60.2. The van der Waals surface area contributed by atoms with E-state index in [4.69, 9.17) is 28.4 Å². The lowest BCUT2D eigenvalue weighted by Gasteiger charge is -2.16. The van der Waals surface area contributed by atoms with Gasteiger partial charge in [-0.15, -0.1) is 0 Å². The fourth-order valence-corrected chi connectivity index (χ4v) is 7.94. The predicted molar refractivity (Wildman–Crippen MR) is 322 cm³/mol. The van der Waals surface area contributed by atoms with Crippen molar-refractivity contribution in [1.82, 2.24) is 0 Å². The largest absolute Gasteiger partial charge is 0.463 e.